The lowest BCUT2D eigenvalue weighted by atomic mass is 10.0. The Labute approximate surface area is 195 Å². The van der Waals surface area contributed by atoms with E-state index < -0.39 is 0 Å². The normalized spacial score (nSPS) is 17.1. The fourth-order valence-electron chi connectivity index (χ4n) is 3.80. The number of nitrogens with one attached hydrogen (secondary N) is 2. The maximum Gasteiger partial charge on any atom is 0.194 e. The van der Waals surface area contributed by atoms with Crippen molar-refractivity contribution in [1.82, 2.24) is 20.2 Å². The summed E-state index contributed by atoms with van der Waals surface area (Å²) in [4.78, 5) is 15.2. The molecule has 0 spiro atoms. The van der Waals surface area contributed by atoms with Crippen LogP contribution in [0.25, 0.3) is 11.0 Å². The van der Waals surface area contributed by atoms with Crippen LogP contribution in [0.2, 0.25) is 0 Å². The maximum absolute atomic E-state index is 6.07. The molecule has 0 bridgehead atoms. The number of morpholine rings is 1. The van der Waals surface area contributed by atoms with E-state index in [-0.39, 0.29) is 30.1 Å². The number of aromatic nitrogens is 2. The SMILES string of the molecule is CCNC(=NCCc1nc2ccccc2[nH]1)N1CCOC(c2ccccc2C)C1.I. The van der Waals surface area contributed by atoms with Gasteiger partial charge in [0.1, 0.15) is 11.9 Å². The molecule has 1 aliphatic rings. The average Bonchev–Trinajstić information content (AvgIpc) is 3.16. The second-order valence-corrected chi connectivity index (χ2v) is 7.35. The van der Waals surface area contributed by atoms with Gasteiger partial charge in [-0.05, 0) is 37.1 Å². The van der Waals surface area contributed by atoms with Crippen LogP contribution in [0.3, 0.4) is 0 Å². The van der Waals surface area contributed by atoms with Crippen molar-refractivity contribution in [2.24, 2.45) is 4.99 Å². The predicted molar refractivity (Wildman–Crippen MR) is 133 cm³/mol. The van der Waals surface area contributed by atoms with E-state index in [2.05, 4.69) is 64.4 Å². The molecule has 6 nitrogen and oxygen atoms in total. The number of guanidine groups is 1. The number of aliphatic imine (C=N–C) groups is 1. The topological polar surface area (TPSA) is 65.5 Å². The number of H-pyrrole nitrogens is 1. The van der Waals surface area contributed by atoms with Gasteiger partial charge in [-0.15, -0.1) is 24.0 Å². The highest BCUT2D eigenvalue weighted by atomic mass is 127. The number of halogens is 1. The van der Waals surface area contributed by atoms with E-state index in [4.69, 9.17) is 9.73 Å². The molecule has 1 aliphatic heterocycles. The monoisotopic (exact) mass is 519 g/mol. The second kappa shape index (κ2) is 10.8. The smallest absolute Gasteiger partial charge is 0.194 e. The van der Waals surface area contributed by atoms with Crippen LogP contribution in [-0.4, -0.2) is 53.6 Å². The molecule has 1 aromatic heterocycles. The summed E-state index contributed by atoms with van der Waals surface area (Å²) in [6.07, 6.45) is 0.860. The summed E-state index contributed by atoms with van der Waals surface area (Å²) >= 11 is 0. The molecule has 0 saturated carbocycles. The van der Waals surface area contributed by atoms with Crippen molar-refractivity contribution in [3.8, 4) is 0 Å². The summed E-state index contributed by atoms with van der Waals surface area (Å²) in [5.41, 5.74) is 4.61. The molecule has 3 aromatic rings. The van der Waals surface area contributed by atoms with E-state index >= 15 is 0 Å². The number of fused-ring (bicyclic) bond motifs is 1. The minimum absolute atomic E-state index is 0. The molecule has 2 aromatic carbocycles. The number of aromatic amines is 1. The molecule has 2 N–H and O–H groups in total. The van der Waals surface area contributed by atoms with Crippen LogP contribution in [0.1, 0.15) is 30.0 Å². The van der Waals surface area contributed by atoms with Crippen LogP contribution < -0.4 is 5.32 Å². The third-order valence-electron chi connectivity index (χ3n) is 5.28. The highest BCUT2D eigenvalue weighted by molar-refractivity contribution is 14.0. The molecule has 0 radical (unpaired) electrons. The number of para-hydroxylation sites is 2. The molecule has 0 aliphatic carbocycles. The van der Waals surface area contributed by atoms with Gasteiger partial charge in [0.2, 0.25) is 0 Å². The van der Waals surface area contributed by atoms with Gasteiger partial charge >= 0.3 is 0 Å². The van der Waals surface area contributed by atoms with Gasteiger partial charge < -0.3 is 19.9 Å². The maximum atomic E-state index is 6.07. The zero-order valence-electron chi connectivity index (χ0n) is 17.6. The van der Waals surface area contributed by atoms with E-state index in [0.29, 0.717) is 13.2 Å². The Bertz CT molecular complexity index is 953. The van der Waals surface area contributed by atoms with Crippen LogP contribution in [0.5, 0.6) is 0 Å². The van der Waals surface area contributed by atoms with Crippen LogP contribution in [-0.2, 0) is 11.2 Å². The van der Waals surface area contributed by atoms with Crippen molar-refractivity contribution in [2.45, 2.75) is 26.4 Å². The summed E-state index contributed by atoms with van der Waals surface area (Å²) in [5.74, 6) is 1.93. The first-order valence-electron chi connectivity index (χ1n) is 10.4. The predicted octanol–water partition coefficient (Wildman–Crippen LogP) is 4.07. The third-order valence-corrected chi connectivity index (χ3v) is 5.28. The molecular weight excluding hydrogens is 489 g/mol. The quantitative estimate of drug-likeness (QED) is 0.303. The summed E-state index contributed by atoms with van der Waals surface area (Å²) in [7, 11) is 0. The van der Waals surface area contributed by atoms with Crippen molar-refractivity contribution in [3.05, 3.63) is 65.5 Å². The van der Waals surface area contributed by atoms with Gasteiger partial charge in [-0.2, -0.15) is 0 Å². The van der Waals surface area contributed by atoms with Gasteiger partial charge in [0.25, 0.3) is 0 Å². The van der Waals surface area contributed by atoms with Crippen LogP contribution in [0.4, 0.5) is 0 Å². The van der Waals surface area contributed by atoms with Gasteiger partial charge in [-0.1, -0.05) is 36.4 Å². The van der Waals surface area contributed by atoms with Gasteiger partial charge in [0, 0.05) is 26.1 Å². The zero-order chi connectivity index (χ0) is 20.1. The third kappa shape index (κ3) is 5.31. The fourth-order valence-corrected chi connectivity index (χ4v) is 3.80. The molecule has 0 amide bonds. The molecule has 2 heterocycles. The molecular formula is C23H30IN5O. The minimum atomic E-state index is 0. The number of benzene rings is 2. The average molecular weight is 519 g/mol. The van der Waals surface area contributed by atoms with Crippen LogP contribution >= 0.6 is 24.0 Å². The Hall–Kier alpha value is -2.13. The Morgan fingerprint density at radius 3 is 2.83 bits per heavy atom. The van der Waals surface area contributed by atoms with Crippen molar-refractivity contribution < 1.29 is 4.74 Å². The minimum Gasteiger partial charge on any atom is -0.370 e. The number of imidazole rings is 1. The zero-order valence-corrected chi connectivity index (χ0v) is 19.9. The highest BCUT2D eigenvalue weighted by Gasteiger charge is 2.25. The van der Waals surface area contributed by atoms with E-state index in [1.807, 2.05) is 18.2 Å². The van der Waals surface area contributed by atoms with Crippen molar-refractivity contribution in [3.63, 3.8) is 0 Å². The van der Waals surface area contributed by atoms with Crippen molar-refractivity contribution >= 4 is 41.0 Å². The molecule has 1 saturated heterocycles. The van der Waals surface area contributed by atoms with Gasteiger partial charge in [0.15, 0.2) is 5.96 Å². The lowest BCUT2D eigenvalue weighted by Crippen LogP contribution is -2.48. The summed E-state index contributed by atoms with van der Waals surface area (Å²) in [5, 5.41) is 3.44. The van der Waals surface area contributed by atoms with E-state index in [0.717, 1.165) is 48.9 Å². The molecule has 7 heteroatoms. The van der Waals surface area contributed by atoms with E-state index in [9.17, 15) is 0 Å². The molecule has 4 rings (SSSR count). The first-order valence-corrected chi connectivity index (χ1v) is 10.4. The standard InChI is InChI=1S/C23H29N5O.HI/c1-3-24-23(25-13-12-22-26-19-10-6-7-11-20(19)27-22)28-14-15-29-21(16-28)18-9-5-4-8-17(18)2;/h4-11,21H,3,12-16H2,1-2H3,(H,24,25)(H,26,27);1H. The number of rotatable bonds is 5. The first-order chi connectivity index (χ1) is 14.2. The molecule has 160 valence electrons. The Morgan fingerprint density at radius 2 is 2.03 bits per heavy atom. The summed E-state index contributed by atoms with van der Waals surface area (Å²) in [6, 6.07) is 16.6. The second-order valence-electron chi connectivity index (χ2n) is 7.35. The molecule has 1 fully saturated rings. The Morgan fingerprint density at radius 1 is 1.23 bits per heavy atom. The van der Waals surface area contributed by atoms with E-state index in [1.54, 1.807) is 0 Å². The van der Waals surface area contributed by atoms with Crippen molar-refractivity contribution in [2.75, 3.05) is 32.8 Å². The summed E-state index contributed by atoms with van der Waals surface area (Å²) in [6.45, 7) is 8.13. The first kappa shape index (κ1) is 22.6. The number of aryl methyl sites for hydroxylation is 1. The lowest BCUT2D eigenvalue weighted by Gasteiger charge is -2.35. The van der Waals surface area contributed by atoms with Crippen molar-refractivity contribution in [1.29, 1.82) is 0 Å². The van der Waals surface area contributed by atoms with Gasteiger partial charge in [0.05, 0.1) is 24.2 Å². The van der Waals surface area contributed by atoms with Crippen LogP contribution in [0.15, 0.2) is 53.5 Å². The van der Waals surface area contributed by atoms with Gasteiger partial charge in [-0.25, -0.2) is 4.98 Å². The molecule has 1 atom stereocenters. The Balaban J connectivity index is 0.00000256. The van der Waals surface area contributed by atoms with E-state index in [1.165, 1.54) is 11.1 Å². The van der Waals surface area contributed by atoms with Crippen LogP contribution in [0, 0.1) is 6.92 Å². The lowest BCUT2D eigenvalue weighted by molar-refractivity contribution is -0.00832. The Kier molecular flexibility index (Phi) is 8.09. The van der Waals surface area contributed by atoms with Gasteiger partial charge in [-0.3, -0.25) is 4.99 Å². The summed E-state index contributed by atoms with van der Waals surface area (Å²) < 4.78 is 6.07. The largest absolute Gasteiger partial charge is 0.370 e. The highest BCUT2D eigenvalue weighted by Crippen LogP contribution is 2.25. The number of ether oxygens (including phenoxy) is 1. The fraction of sp³-hybridized carbons (Fsp3) is 0.391. The number of nitrogens with zero attached hydrogens (tertiary/aromatic N) is 3. The number of hydrogen-bond acceptors (Lipinski definition) is 3. The molecule has 30 heavy (non-hydrogen) atoms. The molecule has 1 unspecified atom stereocenters. The number of hydrogen-bond donors (Lipinski definition) is 2.